The number of rotatable bonds is 6. The van der Waals surface area contributed by atoms with E-state index in [4.69, 9.17) is 4.74 Å². The molecule has 0 N–H and O–H groups in total. The van der Waals surface area contributed by atoms with Crippen LogP contribution in [0.4, 0.5) is 17.6 Å². The van der Waals surface area contributed by atoms with Crippen LogP contribution in [-0.2, 0) is 20.9 Å². The summed E-state index contributed by atoms with van der Waals surface area (Å²) in [7, 11) is -2.10. The maximum Gasteiger partial charge on any atom is 0.419 e. The van der Waals surface area contributed by atoms with E-state index in [0.717, 1.165) is 31.0 Å². The first kappa shape index (κ1) is 28.7. The topological polar surface area (TPSA) is 49.9 Å². The van der Waals surface area contributed by atoms with E-state index in [1.165, 1.54) is 12.1 Å². The Kier molecular flexibility index (Phi) is 8.07. The van der Waals surface area contributed by atoms with Crippen LogP contribution in [0.1, 0.15) is 35.4 Å². The molecule has 0 radical (unpaired) electrons. The molecule has 0 spiro atoms. The van der Waals surface area contributed by atoms with E-state index in [0.29, 0.717) is 30.2 Å². The molecule has 2 aliphatic heterocycles. The van der Waals surface area contributed by atoms with Crippen LogP contribution in [0, 0.1) is 12.7 Å². The second-order valence-electron chi connectivity index (χ2n) is 10.5. The van der Waals surface area contributed by atoms with Crippen LogP contribution in [0.5, 0.6) is 0 Å². The first-order chi connectivity index (χ1) is 19.0. The van der Waals surface area contributed by atoms with E-state index in [1.807, 2.05) is 6.07 Å². The third-order valence-electron chi connectivity index (χ3n) is 8.10. The lowest BCUT2D eigenvalue weighted by molar-refractivity contribution is -0.139. The van der Waals surface area contributed by atoms with Gasteiger partial charge in [-0.3, -0.25) is 4.90 Å². The molecule has 3 aromatic rings. The predicted molar refractivity (Wildman–Crippen MR) is 145 cm³/mol. The van der Waals surface area contributed by atoms with Gasteiger partial charge in [0, 0.05) is 38.2 Å². The maximum absolute atomic E-state index is 14.2. The van der Waals surface area contributed by atoms with Gasteiger partial charge in [-0.15, -0.1) is 0 Å². The molecular formula is C30H32F4N2O3S. The van der Waals surface area contributed by atoms with Crippen molar-refractivity contribution in [3.63, 3.8) is 0 Å². The summed E-state index contributed by atoms with van der Waals surface area (Å²) in [5.41, 5.74) is 0.327. The van der Waals surface area contributed by atoms with Gasteiger partial charge in [0.2, 0.25) is 10.0 Å². The lowest BCUT2D eigenvalue weighted by Gasteiger charge is -2.57. The molecule has 5 rings (SSSR count). The number of hydrogen-bond donors (Lipinski definition) is 0. The zero-order chi connectivity index (χ0) is 28.7. The molecule has 0 saturated carbocycles. The first-order valence-electron chi connectivity index (χ1n) is 13.3. The summed E-state index contributed by atoms with van der Waals surface area (Å²) < 4.78 is 89.6. The molecule has 1 unspecified atom stereocenters. The van der Waals surface area contributed by atoms with Gasteiger partial charge in [0.15, 0.2) is 0 Å². The minimum Gasteiger partial charge on any atom is -0.383 e. The van der Waals surface area contributed by atoms with Gasteiger partial charge in [0.1, 0.15) is 5.82 Å². The molecule has 10 heteroatoms. The molecule has 2 saturated heterocycles. The van der Waals surface area contributed by atoms with Crippen molar-refractivity contribution in [1.29, 1.82) is 0 Å². The summed E-state index contributed by atoms with van der Waals surface area (Å²) in [4.78, 5) is 2.59. The largest absolute Gasteiger partial charge is 0.419 e. The zero-order valence-corrected chi connectivity index (χ0v) is 23.2. The first-order valence-corrected chi connectivity index (χ1v) is 14.7. The molecule has 5 nitrogen and oxygen atoms in total. The minimum absolute atomic E-state index is 0.00173. The van der Waals surface area contributed by atoms with E-state index in [-0.39, 0.29) is 29.1 Å². The van der Waals surface area contributed by atoms with Gasteiger partial charge in [0.25, 0.3) is 0 Å². The van der Waals surface area contributed by atoms with Crippen molar-refractivity contribution in [3.05, 3.63) is 89.2 Å². The van der Waals surface area contributed by atoms with Crippen molar-refractivity contribution < 1.29 is 30.7 Å². The fourth-order valence-electron chi connectivity index (χ4n) is 6.20. The summed E-state index contributed by atoms with van der Waals surface area (Å²) in [5.74, 6) is -1.40. The molecule has 3 aromatic carbocycles. The molecule has 2 fully saturated rings. The van der Waals surface area contributed by atoms with E-state index >= 15 is 0 Å². The number of nitrogens with zero attached hydrogens (tertiary/aromatic N) is 2. The standard InChI is InChI=1S/C30H32F4N2O3S/c1-20-8-3-4-11-27(20)40(37,38)35-16-5-6-17-36-25(18-35)28(26(36)19-39-2)22-14-12-21(13-15-22)23-9-7-10-24(31)29(23)30(32,33)34/h3-4,7-15,25-26,28H,5-6,16-19H2,1-2H3/t25?,26-,28+/m1/s1. The fourth-order valence-corrected chi connectivity index (χ4v) is 7.92. The summed E-state index contributed by atoms with van der Waals surface area (Å²) in [5, 5.41) is 0. The van der Waals surface area contributed by atoms with Crippen LogP contribution in [0.25, 0.3) is 11.1 Å². The number of alkyl halides is 3. The molecule has 0 amide bonds. The van der Waals surface area contributed by atoms with Gasteiger partial charge in [-0.2, -0.15) is 17.5 Å². The average Bonchev–Trinajstić information content (AvgIpc) is 2.89. The Balaban J connectivity index is 1.47. The highest BCUT2D eigenvalue weighted by atomic mass is 32.2. The third kappa shape index (κ3) is 5.30. The van der Waals surface area contributed by atoms with Crippen LogP contribution >= 0.6 is 0 Å². The van der Waals surface area contributed by atoms with Crippen molar-refractivity contribution in [2.45, 2.75) is 48.8 Å². The highest BCUT2D eigenvalue weighted by molar-refractivity contribution is 7.89. The Morgan fingerprint density at radius 3 is 2.33 bits per heavy atom. The Morgan fingerprint density at radius 2 is 1.65 bits per heavy atom. The quantitative estimate of drug-likeness (QED) is 0.334. The van der Waals surface area contributed by atoms with E-state index < -0.39 is 27.6 Å². The number of halogens is 4. The Labute approximate surface area is 232 Å². The van der Waals surface area contributed by atoms with Crippen molar-refractivity contribution in [1.82, 2.24) is 9.21 Å². The Morgan fingerprint density at radius 1 is 0.950 bits per heavy atom. The number of sulfonamides is 1. The molecule has 2 aliphatic rings. The number of methoxy groups -OCH3 is 1. The molecule has 0 aliphatic carbocycles. The van der Waals surface area contributed by atoms with Crippen LogP contribution in [-0.4, -0.2) is 63.1 Å². The third-order valence-corrected chi connectivity index (χ3v) is 10.1. The molecule has 3 atom stereocenters. The molecule has 0 aromatic heterocycles. The maximum atomic E-state index is 14.2. The van der Waals surface area contributed by atoms with Gasteiger partial charge in [-0.1, -0.05) is 54.6 Å². The van der Waals surface area contributed by atoms with E-state index in [9.17, 15) is 26.0 Å². The Bertz CT molecular complexity index is 1460. The minimum atomic E-state index is -4.83. The summed E-state index contributed by atoms with van der Waals surface area (Å²) in [6.45, 7) is 3.75. The fraction of sp³-hybridized carbons (Fsp3) is 0.400. The second kappa shape index (κ2) is 11.2. The molecule has 40 heavy (non-hydrogen) atoms. The van der Waals surface area contributed by atoms with Gasteiger partial charge >= 0.3 is 6.18 Å². The van der Waals surface area contributed by atoms with Crippen molar-refractivity contribution in [2.75, 3.05) is 33.4 Å². The van der Waals surface area contributed by atoms with E-state index in [2.05, 4.69) is 4.90 Å². The molecule has 2 heterocycles. The zero-order valence-electron chi connectivity index (χ0n) is 22.4. The van der Waals surface area contributed by atoms with Crippen molar-refractivity contribution in [3.8, 4) is 11.1 Å². The smallest absolute Gasteiger partial charge is 0.383 e. The number of ether oxygens (including phenoxy) is 1. The van der Waals surface area contributed by atoms with Gasteiger partial charge < -0.3 is 4.74 Å². The van der Waals surface area contributed by atoms with Gasteiger partial charge in [0.05, 0.1) is 17.1 Å². The van der Waals surface area contributed by atoms with Crippen LogP contribution in [0.2, 0.25) is 0 Å². The van der Waals surface area contributed by atoms with Gasteiger partial charge in [-0.25, -0.2) is 12.8 Å². The summed E-state index contributed by atoms with van der Waals surface area (Å²) in [6.07, 6.45) is -3.26. The molecule has 214 valence electrons. The number of aryl methyl sites for hydroxylation is 1. The highest BCUT2D eigenvalue weighted by Gasteiger charge is 2.50. The van der Waals surface area contributed by atoms with Crippen LogP contribution in [0.15, 0.2) is 71.6 Å². The van der Waals surface area contributed by atoms with Crippen molar-refractivity contribution >= 4 is 10.0 Å². The number of benzene rings is 3. The highest BCUT2D eigenvalue weighted by Crippen LogP contribution is 2.44. The lowest BCUT2D eigenvalue weighted by Crippen LogP contribution is -2.68. The van der Waals surface area contributed by atoms with Crippen LogP contribution in [0.3, 0.4) is 0 Å². The SMILES string of the molecule is COC[C@@H]1[C@@H](c2ccc(-c3cccc(F)c3C(F)(F)F)cc2)C2CN(S(=O)(=O)c3ccccc3C)CCCCN21. The lowest BCUT2D eigenvalue weighted by atomic mass is 9.74. The number of fused-ring (bicyclic) bond motifs is 1. The summed E-state index contributed by atoms with van der Waals surface area (Å²) in [6, 6.07) is 16.9. The second-order valence-corrected chi connectivity index (χ2v) is 12.4. The van der Waals surface area contributed by atoms with Gasteiger partial charge in [-0.05, 0) is 60.7 Å². The number of hydrogen-bond acceptors (Lipinski definition) is 4. The van der Waals surface area contributed by atoms with Crippen molar-refractivity contribution in [2.24, 2.45) is 0 Å². The van der Waals surface area contributed by atoms with E-state index in [1.54, 1.807) is 60.8 Å². The predicted octanol–water partition coefficient (Wildman–Crippen LogP) is 6.09. The summed E-state index contributed by atoms with van der Waals surface area (Å²) >= 11 is 0. The monoisotopic (exact) mass is 576 g/mol. The normalized spacial score (nSPS) is 22.7. The molecule has 0 bridgehead atoms. The average molecular weight is 577 g/mol. The molecular weight excluding hydrogens is 544 g/mol. The van der Waals surface area contributed by atoms with Crippen LogP contribution < -0.4 is 0 Å². The Hall–Kier alpha value is -2.79.